The van der Waals surface area contributed by atoms with Gasteiger partial charge in [-0.25, -0.2) is 4.98 Å². The predicted molar refractivity (Wildman–Crippen MR) is 130 cm³/mol. The predicted octanol–water partition coefficient (Wildman–Crippen LogP) is 6.38. The highest BCUT2D eigenvalue weighted by Gasteiger charge is 2.34. The van der Waals surface area contributed by atoms with Crippen LogP contribution in [0.3, 0.4) is 0 Å². The van der Waals surface area contributed by atoms with E-state index < -0.39 is 17.6 Å². The Morgan fingerprint density at radius 3 is 2.37 bits per heavy atom. The molecule has 4 aromatic rings. The van der Waals surface area contributed by atoms with Crippen LogP contribution < -0.4 is 10.6 Å². The molecule has 0 aliphatic rings. The SMILES string of the molecule is Cc1cc(-c2ccccc2)c(C(=O)Nc2ccc(NCCc3ccccn3)nc2)cc1C(F)(F)F. The zero-order valence-corrected chi connectivity index (χ0v) is 18.9. The lowest BCUT2D eigenvalue weighted by Crippen LogP contribution is -2.17. The third kappa shape index (κ3) is 6.03. The first-order valence-corrected chi connectivity index (χ1v) is 11.0. The number of amides is 1. The molecule has 2 aromatic carbocycles. The molecule has 0 radical (unpaired) electrons. The second-order valence-corrected chi connectivity index (χ2v) is 7.96. The molecule has 0 bridgehead atoms. The smallest absolute Gasteiger partial charge is 0.370 e. The number of benzene rings is 2. The monoisotopic (exact) mass is 476 g/mol. The molecular formula is C27H23F3N4O. The van der Waals surface area contributed by atoms with Gasteiger partial charge in [0, 0.05) is 30.4 Å². The van der Waals surface area contributed by atoms with Crippen LogP contribution in [-0.2, 0) is 12.6 Å². The Morgan fingerprint density at radius 1 is 0.943 bits per heavy atom. The fourth-order valence-electron chi connectivity index (χ4n) is 3.69. The summed E-state index contributed by atoms with van der Waals surface area (Å²) in [5.41, 5.74) is 1.55. The van der Waals surface area contributed by atoms with E-state index in [4.69, 9.17) is 0 Å². The second kappa shape index (κ2) is 10.4. The van der Waals surface area contributed by atoms with Crippen LogP contribution in [0.4, 0.5) is 24.7 Å². The maximum absolute atomic E-state index is 13.6. The van der Waals surface area contributed by atoms with E-state index >= 15 is 0 Å². The van der Waals surface area contributed by atoms with Crippen molar-refractivity contribution in [1.29, 1.82) is 0 Å². The molecule has 178 valence electrons. The van der Waals surface area contributed by atoms with Crippen LogP contribution in [0.2, 0.25) is 0 Å². The van der Waals surface area contributed by atoms with Crippen LogP contribution in [0, 0.1) is 6.92 Å². The zero-order valence-electron chi connectivity index (χ0n) is 18.9. The lowest BCUT2D eigenvalue weighted by molar-refractivity contribution is -0.138. The summed E-state index contributed by atoms with van der Waals surface area (Å²) in [6, 6.07) is 20.2. The molecule has 2 N–H and O–H groups in total. The van der Waals surface area contributed by atoms with E-state index in [1.54, 1.807) is 48.7 Å². The standard InChI is InChI=1S/C27H23F3N4O/c1-18-15-22(19-7-3-2-4-8-19)23(16-24(18)27(28,29)30)26(35)34-21-10-11-25(33-17-21)32-14-12-20-9-5-6-13-31-20/h2-11,13,15-17H,12,14H2,1H3,(H,32,33)(H,34,35). The van der Waals surface area contributed by atoms with Gasteiger partial charge in [-0.1, -0.05) is 42.5 Å². The number of alkyl halides is 3. The van der Waals surface area contributed by atoms with Crippen molar-refractivity contribution in [2.24, 2.45) is 0 Å². The molecule has 0 atom stereocenters. The molecule has 4 rings (SSSR count). The molecule has 35 heavy (non-hydrogen) atoms. The molecule has 0 spiro atoms. The summed E-state index contributed by atoms with van der Waals surface area (Å²) in [4.78, 5) is 21.6. The van der Waals surface area contributed by atoms with E-state index in [0.29, 0.717) is 29.2 Å². The number of rotatable bonds is 7. The van der Waals surface area contributed by atoms with Crippen molar-refractivity contribution in [3.63, 3.8) is 0 Å². The van der Waals surface area contributed by atoms with Crippen LogP contribution in [0.25, 0.3) is 11.1 Å². The van der Waals surface area contributed by atoms with Crippen molar-refractivity contribution in [2.45, 2.75) is 19.5 Å². The van der Waals surface area contributed by atoms with Crippen LogP contribution in [0.1, 0.15) is 27.2 Å². The molecule has 0 saturated carbocycles. The lowest BCUT2D eigenvalue weighted by Gasteiger charge is -2.17. The molecule has 0 aliphatic carbocycles. The maximum Gasteiger partial charge on any atom is 0.416 e. The summed E-state index contributed by atoms with van der Waals surface area (Å²) >= 11 is 0. The number of halogens is 3. The first-order valence-electron chi connectivity index (χ1n) is 11.0. The number of aromatic nitrogens is 2. The molecular weight excluding hydrogens is 453 g/mol. The third-order valence-electron chi connectivity index (χ3n) is 5.43. The number of hydrogen-bond acceptors (Lipinski definition) is 4. The van der Waals surface area contributed by atoms with Gasteiger partial charge in [0.1, 0.15) is 5.82 Å². The fourth-order valence-corrected chi connectivity index (χ4v) is 3.69. The van der Waals surface area contributed by atoms with Gasteiger partial charge in [-0.3, -0.25) is 9.78 Å². The molecule has 0 aliphatic heterocycles. The quantitative estimate of drug-likeness (QED) is 0.325. The number of carbonyl (C=O) groups is 1. The minimum Gasteiger partial charge on any atom is -0.370 e. The Hall–Kier alpha value is -4.20. The molecule has 1 amide bonds. The van der Waals surface area contributed by atoms with Crippen molar-refractivity contribution in [3.8, 4) is 11.1 Å². The summed E-state index contributed by atoms with van der Waals surface area (Å²) in [6.07, 6.45) is -0.654. The molecule has 0 fully saturated rings. The Labute approximate surface area is 201 Å². The van der Waals surface area contributed by atoms with Crippen molar-refractivity contribution >= 4 is 17.4 Å². The lowest BCUT2D eigenvalue weighted by atomic mass is 9.93. The maximum atomic E-state index is 13.6. The molecule has 0 unspecified atom stereocenters. The Kier molecular flexibility index (Phi) is 7.10. The van der Waals surface area contributed by atoms with E-state index in [1.165, 1.54) is 19.2 Å². The number of hydrogen-bond donors (Lipinski definition) is 2. The van der Waals surface area contributed by atoms with E-state index in [-0.39, 0.29) is 11.1 Å². The van der Waals surface area contributed by atoms with E-state index in [2.05, 4.69) is 20.6 Å². The van der Waals surface area contributed by atoms with Gasteiger partial charge in [0.2, 0.25) is 0 Å². The van der Waals surface area contributed by atoms with Gasteiger partial charge in [0.05, 0.1) is 17.4 Å². The zero-order chi connectivity index (χ0) is 24.8. The first kappa shape index (κ1) is 23.9. The molecule has 8 heteroatoms. The average Bonchev–Trinajstić information content (AvgIpc) is 2.85. The summed E-state index contributed by atoms with van der Waals surface area (Å²) in [6.45, 7) is 2.01. The number of carbonyl (C=O) groups excluding carboxylic acids is 1. The van der Waals surface area contributed by atoms with E-state index in [1.807, 2.05) is 18.2 Å². The summed E-state index contributed by atoms with van der Waals surface area (Å²) in [5, 5.41) is 5.85. The fraction of sp³-hybridized carbons (Fsp3) is 0.148. The number of aryl methyl sites for hydroxylation is 1. The number of anilines is 2. The van der Waals surface area contributed by atoms with Gasteiger partial charge in [-0.05, 0) is 53.9 Å². The summed E-state index contributed by atoms with van der Waals surface area (Å²) < 4.78 is 40.7. The van der Waals surface area contributed by atoms with Crippen molar-refractivity contribution in [2.75, 3.05) is 17.2 Å². The van der Waals surface area contributed by atoms with Crippen LogP contribution >= 0.6 is 0 Å². The molecule has 2 heterocycles. The number of pyridine rings is 2. The molecule has 0 saturated heterocycles. The van der Waals surface area contributed by atoms with Gasteiger partial charge in [0.15, 0.2) is 0 Å². The summed E-state index contributed by atoms with van der Waals surface area (Å²) in [7, 11) is 0. The topological polar surface area (TPSA) is 66.9 Å². The van der Waals surface area contributed by atoms with Crippen molar-refractivity contribution in [3.05, 3.63) is 108 Å². The highest BCUT2D eigenvalue weighted by atomic mass is 19.4. The number of nitrogens with zero attached hydrogens (tertiary/aromatic N) is 2. The second-order valence-electron chi connectivity index (χ2n) is 7.96. The van der Waals surface area contributed by atoms with Crippen LogP contribution in [-0.4, -0.2) is 22.4 Å². The van der Waals surface area contributed by atoms with Gasteiger partial charge < -0.3 is 10.6 Å². The minimum absolute atomic E-state index is 0.0516. The Morgan fingerprint density at radius 2 is 1.71 bits per heavy atom. The third-order valence-corrected chi connectivity index (χ3v) is 5.43. The van der Waals surface area contributed by atoms with E-state index in [0.717, 1.165) is 18.2 Å². The minimum atomic E-state index is -4.57. The van der Waals surface area contributed by atoms with Gasteiger partial charge in [-0.15, -0.1) is 0 Å². The van der Waals surface area contributed by atoms with Gasteiger partial charge >= 0.3 is 6.18 Å². The van der Waals surface area contributed by atoms with Crippen LogP contribution in [0.15, 0.2) is 85.2 Å². The molecule has 5 nitrogen and oxygen atoms in total. The van der Waals surface area contributed by atoms with Crippen molar-refractivity contribution < 1.29 is 18.0 Å². The molecule has 2 aromatic heterocycles. The van der Waals surface area contributed by atoms with Crippen LogP contribution in [0.5, 0.6) is 0 Å². The highest BCUT2D eigenvalue weighted by Crippen LogP contribution is 2.36. The van der Waals surface area contributed by atoms with Gasteiger partial charge in [0.25, 0.3) is 5.91 Å². The first-order chi connectivity index (χ1) is 16.8. The van der Waals surface area contributed by atoms with E-state index in [9.17, 15) is 18.0 Å². The Balaban J connectivity index is 1.51. The number of nitrogens with one attached hydrogen (secondary N) is 2. The summed E-state index contributed by atoms with van der Waals surface area (Å²) in [5.74, 6) is -0.0365. The highest BCUT2D eigenvalue weighted by molar-refractivity contribution is 6.09. The largest absolute Gasteiger partial charge is 0.416 e. The van der Waals surface area contributed by atoms with Crippen molar-refractivity contribution in [1.82, 2.24) is 9.97 Å². The average molecular weight is 477 g/mol. The van der Waals surface area contributed by atoms with Gasteiger partial charge in [-0.2, -0.15) is 13.2 Å². The Bertz CT molecular complexity index is 1290. The normalized spacial score (nSPS) is 11.2.